The average Bonchev–Trinajstić information content (AvgIpc) is 3.32. The Morgan fingerprint density at radius 3 is 2.65 bits per heavy atom. The van der Waals surface area contributed by atoms with Gasteiger partial charge >= 0.3 is 0 Å². The van der Waals surface area contributed by atoms with Crippen LogP contribution in [0.3, 0.4) is 0 Å². The molecule has 6 nitrogen and oxygen atoms in total. The normalized spacial score (nSPS) is 17.0. The number of ether oxygens (including phenoxy) is 1. The molecule has 0 unspecified atom stereocenters. The van der Waals surface area contributed by atoms with Crippen molar-refractivity contribution in [1.82, 2.24) is 15.8 Å². The highest BCUT2D eigenvalue weighted by Crippen LogP contribution is 2.40. The number of hydrogen-bond acceptors (Lipinski definition) is 4. The van der Waals surface area contributed by atoms with E-state index in [0.29, 0.717) is 17.9 Å². The van der Waals surface area contributed by atoms with Gasteiger partial charge in [0.2, 0.25) is 0 Å². The highest BCUT2D eigenvalue weighted by atomic mass is 16.5. The Bertz CT molecular complexity index is 546. The number of aliphatic imine (C=N–C) groups is 1. The van der Waals surface area contributed by atoms with E-state index in [0.717, 1.165) is 49.8 Å². The Balaban J connectivity index is 1.84. The lowest BCUT2D eigenvalue weighted by Gasteiger charge is -2.29. The molecular weight excluding hydrogens is 328 g/mol. The third kappa shape index (κ3) is 5.73. The van der Waals surface area contributed by atoms with Crippen LogP contribution in [0.4, 0.5) is 0 Å². The molecule has 0 radical (unpaired) electrons. The Morgan fingerprint density at radius 1 is 1.31 bits per heavy atom. The lowest BCUT2D eigenvalue weighted by Crippen LogP contribution is -2.43. The maximum absolute atomic E-state index is 5.48. The van der Waals surface area contributed by atoms with Crippen molar-refractivity contribution in [2.45, 2.75) is 71.3 Å². The summed E-state index contributed by atoms with van der Waals surface area (Å²) >= 11 is 0. The first-order valence-corrected chi connectivity index (χ1v) is 10.0. The van der Waals surface area contributed by atoms with Gasteiger partial charge in [-0.1, -0.05) is 31.8 Å². The van der Waals surface area contributed by atoms with Crippen molar-refractivity contribution in [3.05, 3.63) is 17.5 Å². The van der Waals surface area contributed by atoms with Crippen LogP contribution >= 0.6 is 0 Å². The monoisotopic (exact) mass is 364 g/mol. The maximum Gasteiger partial charge on any atom is 0.191 e. The minimum Gasteiger partial charge on any atom is -0.385 e. The summed E-state index contributed by atoms with van der Waals surface area (Å²) in [5, 5.41) is 11.1. The van der Waals surface area contributed by atoms with Gasteiger partial charge in [0.25, 0.3) is 0 Å². The largest absolute Gasteiger partial charge is 0.385 e. The van der Waals surface area contributed by atoms with Gasteiger partial charge in [-0.15, -0.1) is 0 Å². The first-order chi connectivity index (χ1) is 12.7. The molecule has 1 aliphatic rings. The Labute approximate surface area is 158 Å². The minimum absolute atomic E-state index is 0.336. The lowest BCUT2D eigenvalue weighted by atomic mass is 9.83. The lowest BCUT2D eigenvalue weighted by molar-refractivity contribution is 0.138. The Kier molecular flexibility index (Phi) is 8.42. The molecule has 0 bridgehead atoms. The number of rotatable bonds is 10. The summed E-state index contributed by atoms with van der Waals surface area (Å²) in [7, 11) is 3.59. The molecule has 2 rings (SSSR count). The van der Waals surface area contributed by atoms with Gasteiger partial charge < -0.3 is 19.9 Å². The van der Waals surface area contributed by atoms with Crippen molar-refractivity contribution >= 4 is 5.96 Å². The molecule has 1 aliphatic carbocycles. The number of nitrogens with one attached hydrogen (secondary N) is 2. The molecule has 0 atom stereocenters. The van der Waals surface area contributed by atoms with Gasteiger partial charge in [-0.05, 0) is 37.5 Å². The molecule has 1 saturated carbocycles. The van der Waals surface area contributed by atoms with Gasteiger partial charge in [0.15, 0.2) is 11.7 Å². The Morgan fingerprint density at radius 2 is 2.04 bits per heavy atom. The molecule has 0 spiro atoms. The third-order valence-corrected chi connectivity index (χ3v) is 5.77. The molecule has 1 aromatic rings. The molecule has 1 fully saturated rings. The van der Waals surface area contributed by atoms with E-state index in [1.807, 2.05) is 7.05 Å². The summed E-state index contributed by atoms with van der Waals surface area (Å²) in [6, 6.07) is 2.06. The zero-order valence-electron chi connectivity index (χ0n) is 16.9. The smallest absolute Gasteiger partial charge is 0.191 e. The predicted octanol–water partition coefficient (Wildman–Crippen LogP) is 3.84. The first-order valence-electron chi connectivity index (χ1n) is 10.0. The molecule has 6 heteroatoms. The van der Waals surface area contributed by atoms with Crippen molar-refractivity contribution in [2.75, 3.05) is 27.3 Å². The SMILES string of the molecule is CCC(CC)c1cc(CNC(=NC)NCC2(CCOC)CCCC2)on1. The van der Waals surface area contributed by atoms with Gasteiger partial charge in [-0.3, -0.25) is 4.99 Å². The Hall–Kier alpha value is -1.56. The number of nitrogens with zero attached hydrogens (tertiary/aromatic N) is 2. The van der Waals surface area contributed by atoms with Gasteiger partial charge in [0, 0.05) is 39.3 Å². The molecule has 0 aromatic carbocycles. The van der Waals surface area contributed by atoms with Crippen molar-refractivity contribution in [3.8, 4) is 0 Å². The zero-order valence-corrected chi connectivity index (χ0v) is 16.9. The van der Waals surface area contributed by atoms with E-state index in [4.69, 9.17) is 9.26 Å². The van der Waals surface area contributed by atoms with Crippen LogP contribution in [0.2, 0.25) is 0 Å². The molecule has 1 heterocycles. The quantitative estimate of drug-likeness (QED) is 0.487. The van der Waals surface area contributed by atoms with E-state index < -0.39 is 0 Å². The number of guanidine groups is 1. The standard InChI is InChI=1S/C20H36N4O2/c1-5-16(6-2)18-13-17(26-24-18)14-22-19(21-3)23-15-20(11-12-25-4)9-7-8-10-20/h13,16H,5-12,14-15H2,1-4H3,(H2,21,22,23). The third-order valence-electron chi connectivity index (χ3n) is 5.77. The van der Waals surface area contributed by atoms with Crippen LogP contribution < -0.4 is 10.6 Å². The molecule has 148 valence electrons. The van der Waals surface area contributed by atoms with Crippen LogP contribution in [0.5, 0.6) is 0 Å². The molecule has 0 amide bonds. The first kappa shape index (κ1) is 20.7. The van der Waals surface area contributed by atoms with Gasteiger partial charge in [-0.2, -0.15) is 0 Å². The van der Waals surface area contributed by atoms with Gasteiger partial charge in [-0.25, -0.2) is 0 Å². The fraction of sp³-hybridized carbons (Fsp3) is 0.800. The fourth-order valence-electron chi connectivity index (χ4n) is 3.93. The molecule has 1 aromatic heterocycles. The van der Waals surface area contributed by atoms with Crippen LogP contribution in [0.15, 0.2) is 15.6 Å². The van der Waals surface area contributed by atoms with Crippen molar-refractivity contribution in [3.63, 3.8) is 0 Å². The van der Waals surface area contributed by atoms with Crippen LogP contribution in [-0.2, 0) is 11.3 Å². The van der Waals surface area contributed by atoms with E-state index in [1.165, 1.54) is 25.7 Å². The van der Waals surface area contributed by atoms with Crippen LogP contribution in [0.1, 0.15) is 76.2 Å². The summed E-state index contributed by atoms with van der Waals surface area (Å²) in [5.41, 5.74) is 1.39. The van der Waals surface area contributed by atoms with E-state index in [1.54, 1.807) is 7.11 Å². The zero-order chi connectivity index (χ0) is 18.8. The van der Waals surface area contributed by atoms with Crippen LogP contribution in [0.25, 0.3) is 0 Å². The van der Waals surface area contributed by atoms with E-state index in [2.05, 4.69) is 40.7 Å². The predicted molar refractivity (Wildman–Crippen MR) is 105 cm³/mol. The molecule has 0 aliphatic heterocycles. The second kappa shape index (κ2) is 10.6. The summed E-state index contributed by atoms with van der Waals surface area (Å²) in [4.78, 5) is 4.35. The van der Waals surface area contributed by atoms with Crippen molar-refractivity contribution < 1.29 is 9.26 Å². The molecule has 26 heavy (non-hydrogen) atoms. The summed E-state index contributed by atoms with van der Waals surface area (Å²) < 4.78 is 10.8. The summed E-state index contributed by atoms with van der Waals surface area (Å²) in [6.45, 7) is 6.73. The molecule has 0 saturated heterocycles. The second-order valence-corrected chi connectivity index (χ2v) is 7.46. The summed E-state index contributed by atoms with van der Waals surface area (Å²) in [6.07, 6.45) is 8.44. The van der Waals surface area contributed by atoms with Crippen LogP contribution in [-0.4, -0.2) is 38.4 Å². The highest BCUT2D eigenvalue weighted by Gasteiger charge is 2.33. The van der Waals surface area contributed by atoms with E-state index >= 15 is 0 Å². The van der Waals surface area contributed by atoms with E-state index in [-0.39, 0.29) is 0 Å². The highest BCUT2D eigenvalue weighted by molar-refractivity contribution is 5.79. The van der Waals surface area contributed by atoms with E-state index in [9.17, 15) is 0 Å². The number of methoxy groups -OCH3 is 1. The molecule has 2 N–H and O–H groups in total. The van der Waals surface area contributed by atoms with Crippen molar-refractivity contribution in [1.29, 1.82) is 0 Å². The average molecular weight is 365 g/mol. The van der Waals surface area contributed by atoms with Gasteiger partial charge in [0.1, 0.15) is 0 Å². The minimum atomic E-state index is 0.336. The summed E-state index contributed by atoms with van der Waals surface area (Å²) in [5.74, 6) is 2.15. The maximum atomic E-state index is 5.48. The topological polar surface area (TPSA) is 71.7 Å². The fourth-order valence-corrected chi connectivity index (χ4v) is 3.93. The molecular formula is C20H36N4O2. The number of aromatic nitrogens is 1. The number of hydrogen-bond donors (Lipinski definition) is 2. The van der Waals surface area contributed by atoms with Gasteiger partial charge in [0.05, 0.1) is 12.2 Å². The second-order valence-electron chi connectivity index (χ2n) is 7.46. The van der Waals surface area contributed by atoms with Crippen molar-refractivity contribution in [2.24, 2.45) is 10.4 Å². The van der Waals surface area contributed by atoms with Crippen LogP contribution in [0, 0.1) is 5.41 Å².